The lowest BCUT2D eigenvalue weighted by atomic mass is 10.2. The zero-order valence-corrected chi connectivity index (χ0v) is 11.0. The summed E-state index contributed by atoms with van der Waals surface area (Å²) in [5.41, 5.74) is 1.66. The van der Waals surface area contributed by atoms with E-state index in [1.165, 1.54) is 26.4 Å². The molecule has 1 aromatic carbocycles. The molecule has 0 aliphatic carbocycles. The molecule has 0 aliphatic rings. The number of hydrazine groups is 1. The lowest BCUT2D eigenvalue weighted by molar-refractivity contribution is -0.385. The van der Waals surface area contributed by atoms with Gasteiger partial charge in [0.1, 0.15) is 5.75 Å². The summed E-state index contributed by atoms with van der Waals surface area (Å²) in [6.07, 6.45) is -1.02. The summed E-state index contributed by atoms with van der Waals surface area (Å²) in [5.74, 6) is 4.63. The number of methoxy groups -OCH3 is 2. The van der Waals surface area contributed by atoms with E-state index in [1.807, 2.05) is 5.43 Å². The van der Waals surface area contributed by atoms with E-state index >= 15 is 0 Å². The number of carbonyl (C=O) groups is 1. The number of amides is 1. The summed E-state index contributed by atoms with van der Waals surface area (Å²) in [6.45, 7) is -0.0527. The first kappa shape index (κ1) is 15.7. The molecule has 0 aliphatic heterocycles. The van der Waals surface area contributed by atoms with Crippen LogP contribution < -0.4 is 20.7 Å². The van der Waals surface area contributed by atoms with E-state index in [0.29, 0.717) is 0 Å². The smallest absolute Gasteiger partial charge is 0.314 e. The van der Waals surface area contributed by atoms with Gasteiger partial charge in [-0.3, -0.25) is 20.3 Å². The maximum Gasteiger partial charge on any atom is 0.314 e. The van der Waals surface area contributed by atoms with Gasteiger partial charge in [0.2, 0.25) is 6.10 Å². The summed E-state index contributed by atoms with van der Waals surface area (Å²) < 4.78 is 15.0. The second-order valence-corrected chi connectivity index (χ2v) is 3.66. The Morgan fingerprint density at radius 2 is 2.20 bits per heavy atom. The first-order valence-electron chi connectivity index (χ1n) is 5.52. The highest BCUT2D eigenvalue weighted by Crippen LogP contribution is 2.31. The summed E-state index contributed by atoms with van der Waals surface area (Å²) in [7, 11) is 2.70. The van der Waals surface area contributed by atoms with Crippen LogP contribution in [0, 0.1) is 10.1 Å². The first-order chi connectivity index (χ1) is 9.53. The van der Waals surface area contributed by atoms with Crippen molar-refractivity contribution in [3.63, 3.8) is 0 Å². The predicted octanol–water partition coefficient (Wildman–Crippen LogP) is -0.0129. The Morgan fingerprint density at radius 1 is 1.50 bits per heavy atom. The summed E-state index contributed by atoms with van der Waals surface area (Å²) >= 11 is 0. The standard InChI is InChI=1S/C11H15N3O6/c1-18-6-10(11(15)13-12)20-7-3-4-9(19-2)8(5-7)14(16)17/h3-5,10H,6,12H2,1-2H3,(H,13,15). The minimum atomic E-state index is -1.02. The summed E-state index contributed by atoms with van der Waals surface area (Å²) in [5, 5.41) is 10.9. The molecule has 110 valence electrons. The van der Waals surface area contributed by atoms with Crippen LogP contribution in [-0.4, -0.2) is 37.8 Å². The topological polar surface area (TPSA) is 126 Å². The molecular weight excluding hydrogens is 270 g/mol. The number of nitrogens with zero attached hydrogens (tertiary/aromatic N) is 1. The van der Waals surface area contributed by atoms with Crippen molar-refractivity contribution in [2.75, 3.05) is 20.8 Å². The largest absolute Gasteiger partial charge is 0.490 e. The number of hydrogen-bond donors (Lipinski definition) is 2. The van der Waals surface area contributed by atoms with Gasteiger partial charge in [-0.05, 0) is 12.1 Å². The average Bonchev–Trinajstić information content (AvgIpc) is 2.45. The molecule has 1 aromatic rings. The van der Waals surface area contributed by atoms with Crippen molar-refractivity contribution >= 4 is 11.6 Å². The normalized spacial score (nSPS) is 11.6. The summed E-state index contributed by atoms with van der Waals surface area (Å²) in [4.78, 5) is 21.7. The van der Waals surface area contributed by atoms with E-state index in [9.17, 15) is 14.9 Å². The quantitative estimate of drug-likeness (QED) is 0.312. The minimum Gasteiger partial charge on any atom is -0.490 e. The lowest BCUT2D eigenvalue weighted by Gasteiger charge is -2.16. The van der Waals surface area contributed by atoms with E-state index in [1.54, 1.807) is 0 Å². The molecule has 0 saturated carbocycles. The fourth-order valence-electron chi connectivity index (χ4n) is 1.46. The molecule has 1 amide bonds. The van der Waals surface area contributed by atoms with Crippen LogP contribution >= 0.6 is 0 Å². The van der Waals surface area contributed by atoms with Gasteiger partial charge in [0.15, 0.2) is 5.75 Å². The van der Waals surface area contributed by atoms with E-state index in [4.69, 9.17) is 20.1 Å². The van der Waals surface area contributed by atoms with Crippen LogP contribution in [-0.2, 0) is 9.53 Å². The second kappa shape index (κ2) is 7.26. The lowest BCUT2D eigenvalue weighted by Crippen LogP contribution is -2.44. The van der Waals surface area contributed by atoms with Crippen LogP contribution in [0.3, 0.4) is 0 Å². The average molecular weight is 285 g/mol. The van der Waals surface area contributed by atoms with Crippen molar-refractivity contribution in [2.24, 2.45) is 5.84 Å². The zero-order valence-electron chi connectivity index (χ0n) is 11.0. The molecular formula is C11H15N3O6. The Morgan fingerprint density at radius 3 is 2.70 bits per heavy atom. The van der Waals surface area contributed by atoms with Crippen LogP contribution in [0.25, 0.3) is 0 Å². The van der Waals surface area contributed by atoms with E-state index in [-0.39, 0.29) is 23.8 Å². The highest BCUT2D eigenvalue weighted by molar-refractivity contribution is 5.80. The maximum absolute atomic E-state index is 11.4. The van der Waals surface area contributed by atoms with Gasteiger partial charge in [-0.1, -0.05) is 0 Å². The van der Waals surface area contributed by atoms with Crippen LogP contribution in [0.4, 0.5) is 5.69 Å². The highest BCUT2D eigenvalue weighted by Gasteiger charge is 2.22. The van der Waals surface area contributed by atoms with Gasteiger partial charge in [0, 0.05) is 7.11 Å². The molecule has 0 radical (unpaired) electrons. The number of nitro groups is 1. The molecule has 9 heteroatoms. The van der Waals surface area contributed by atoms with Crippen LogP contribution in [0.5, 0.6) is 11.5 Å². The number of benzene rings is 1. The second-order valence-electron chi connectivity index (χ2n) is 3.66. The number of ether oxygens (including phenoxy) is 3. The van der Waals surface area contributed by atoms with Crippen LogP contribution in [0.1, 0.15) is 0 Å². The third kappa shape index (κ3) is 3.80. The molecule has 9 nitrogen and oxygen atoms in total. The molecule has 1 atom stereocenters. The highest BCUT2D eigenvalue weighted by atomic mass is 16.6. The Hall–Kier alpha value is -2.39. The minimum absolute atomic E-state index is 0.0527. The van der Waals surface area contributed by atoms with Gasteiger partial charge < -0.3 is 14.2 Å². The van der Waals surface area contributed by atoms with Crippen LogP contribution in [0.2, 0.25) is 0 Å². The van der Waals surface area contributed by atoms with Crippen molar-refractivity contribution in [2.45, 2.75) is 6.10 Å². The van der Waals surface area contributed by atoms with Crippen molar-refractivity contribution in [1.82, 2.24) is 5.43 Å². The van der Waals surface area contributed by atoms with Crippen molar-refractivity contribution in [1.29, 1.82) is 0 Å². The van der Waals surface area contributed by atoms with Gasteiger partial charge in [-0.15, -0.1) is 0 Å². The molecule has 0 fully saturated rings. The SMILES string of the molecule is COCC(Oc1ccc(OC)c([N+](=O)[O-])c1)C(=O)NN. The molecule has 0 saturated heterocycles. The third-order valence-electron chi connectivity index (χ3n) is 2.38. The fraction of sp³-hybridized carbons (Fsp3) is 0.364. The molecule has 0 aromatic heterocycles. The maximum atomic E-state index is 11.4. The Labute approximate surface area is 114 Å². The number of hydrogen-bond acceptors (Lipinski definition) is 7. The Bertz CT molecular complexity index is 493. The molecule has 0 bridgehead atoms. The molecule has 0 heterocycles. The van der Waals surface area contributed by atoms with E-state index in [2.05, 4.69) is 0 Å². The van der Waals surface area contributed by atoms with Crippen molar-refractivity contribution in [3.8, 4) is 11.5 Å². The molecule has 1 unspecified atom stereocenters. The Balaban J connectivity index is 2.98. The van der Waals surface area contributed by atoms with Gasteiger partial charge in [0.05, 0.1) is 24.7 Å². The van der Waals surface area contributed by atoms with Crippen LogP contribution in [0.15, 0.2) is 18.2 Å². The summed E-state index contributed by atoms with van der Waals surface area (Å²) in [6, 6.07) is 3.97. The van der Waals surface area contributed by atoms with Gasteiger partial charge in [0.25, 0.3) is 5.91 Å². The number of carbonyl (C=O) groups excluding carboxylic acids is 1. The van der Waals surface area contributed by atoms with Crippen molar-refractivity contribution in [3.05, 3.63) is 28.3 Å². The number of nitro benzene ring substituents is 1. The molecule has 0 spiro atoms. The van der Waals surface area contributed by atoms with Gasteiger partial charge in [-0.2, -0.15) is 0 Å². The number of nitrogens with two attached hydrogens (primary N) is 1. The fourth-order valence-corrected chi connectivity index (χ4v) is 1.46. The van der Waals surface area contributed by atoms with Gasteiger partial charge >= 0.3 is 5.69 Å². The van der Waals surface area contributed by atoms with E-state index < -0.39 is 16.9 Å². The molecule has 20 heavy (non-hydrogen) atoms. The Kier molecular flexibility index (Phi) is 5.69. The third-order valence-corrected chi connectivity index (χ3v) is 2.38. The molecule has 3 N–H and O–H groups in total. The van der Waals surface area contributed by atoms with Crippen molar-refractivity contribution < 1.29 is 23.9 Å². The number of rotatable bonds is 7. The van der Waals surface area contributed by atoms with E-state index in [0.717, 1.165) is 6.07 Å². The first-order valence-corrected chi connectivity index (χ1v) is 5.52. The number of nitrogens with one attached hydrogen (secondary N) is 1. The zero-order chi connectivity index (χ0) is 15.1. The molecule has 1 rings (SSSR count). The predicted molar refractivity (Wildman–Crippen MR) is 68.3 cm³/mol. The monoisotopic (exact) mass is 285 g/mol. The van der Waals surface area contributed by atoms with Gasteiger partial charge in [-0.25, -0.2) is 5.84 Å².